The van der Waals surface area contributed by atoms with Crippen LogP contribution >= 0.6 is 0 Å². The summed E-state index contributed by atoms with van der Waals surface area (Å²) in [4.78, 5) is 0. The summed E-state index contributed by atoms with van der Waals surface area (Å²) >= 11 is 0. The summed E-state index contributed by atoms with van der Waals surface area (Å²) in [5, 5.41) is 0. The molecule has 0 heterocycles. The summed E-state index contributed by atoms with van der Waals surface area (Å²) in [6.45, 7) is 11.8. The van der Waals surface area contributed by atoms with Crippen molar-refractivity contribution in [3.63, 3.8) is 0 Å². The molecule has 0 bridgehead atoms. The first-order valence-electron chi connectivity index (χ1n) is 6.06. The number of rotatable bonds is 7. The van der Waals surface area contributed by atoms with Crippen molar-refractivity contribution in [1.82, 2.24) is 0 Å². The summed E-state index contributed by atoms with van der Waals surface area (Å²) < 4.78 is 0. The topological polar surface area (TPSA) is 0 Å². The molecule has 0 rings (SSSR count). The molecule has 0 heteroatoms. The normalized spacial score (nSPS) is 16.2. The van der Waals surface area contributed by atoms with E-state index >= 15 is 0 Å². The molecule has 0 saturated carbocycles. The standard InChI is InChI=1S/C13H28/c1-6-8-9-10-11-13(5,7-2)12(3)4/h12H,6-11H2,1-5H3. The van der Waals surface area contributed by atoms with E-state index in [1.54, 1.807) is 0 Å². The zero-order valence-corrected chi connectivity index (χ0v) is 10.3. The predicted molar refractivity (Wildman–Crippen MR) is 62.0 cm³/mol. The average molecular weight is 184 g/mol. The third-order valence-corrected chi connectivity index (χ3v) is 3.80. The van der Waals surface area contributed by atoms with Crippen LogP contribution in [0.3, 0.4) is 0 Å². The van der Waals surface area contributed by atoms with Gasteiger partial charge < -0.3 is 0 Å². The van der Waals surface area contributed by atoms with Crippen LogP contribution < -0.4 is 0 Å². The molecular formula is C13H28. The zero-order valence-electron chi connectivity index (χ0n) is 10.3. The van der Waals surface area contributed by atoms with Gasteiger partial charge in [0, 0.05) is 0 Å². The second-order valence-electron chi connectivity index (χ2n) is 4.97. The average Bonchev–Trinajstić information content (AvgIpc) is 2.12. The third kappa shape index (κ3) is 4.69. The largest absolute Gasteiger partial charge is 0.0654 e. The predicted octanol–water partition coefficient (Wildman–Crippen LogP) is 5.03. The highest BCUT2D eigenvalue weighted by Gasteiger charge is 2.24. The van der Waals surface area contributed by atoms with Gasteiger partial charge in [-0.3, -0.25) is 0 Å². The van der Waals surface area contributed by atoms with E-state index in [0.29, 0.717) is 5.41 Å². The lowest BCUT2D eigenvalue weighted by molar-refractivity contribution is 0.183. The van der Waals surface area contributed by atoms with E-state index in [1.165, 1.54) is 38.5 Å². The Morgan fingerprint density at radius 2 is 1.62 bits per heavy atom. The fourth-order valence-corrected chi connectivity index (χ4v) is 1.83. The van der Waals surface area contributed by atoms with Crippen molar-refractivity contribution >= 4 is 0 Å². The van der Waals surface area contributed by atoms with E-state index in [1.807, 2.05) is 0 Å². The van der Waals surface area contributed by atoms with Gasteiger partial charge in [-0.25, -0.2) is 0 Å². The molecule has 0 aromatic rings. The van der Waals surface area contributed by atoms with Crippen LogP contribution in [0.15, 0.2) is 0 Å². The summed E-state index contributed by atoms with van der Waals surface area (Å²) in [5.41, 5.74) is 0.591. The van der Waals surface area contributed by atoms with Crippen LogP contribution in [0.5, 0.6) is 0 Å². The van der Waals surface area contributed by atoms with Crippen molar-refractivity contribution < 1.29 is 0 Å². The molecule has 0 amide bonds. The molecular weight excluding hydrogens is 156 g/mol. The van der Waals surface area contributed by atoms with Crippen molar-refractivity contribution in [3.8, 4) is 0 Å². The number of hydrogen-bond donors (Lipinski definition) is 0. The molecule has 0 aliphatic rings. The molecule has 0 N–H and O–H groups in total. The molecule has 1 unspecified atom stereocenters. The Morgan fingerprint density at radius 3 is 2.00 bits per heavy atom. The van der Waals surface area contributed by atoms with Gasteiger partial charge in [-0.05, 0) is 17.8 Å². The Kier molecular flexibility index (Phi) is 6.45. The maximum absolute atomic E-state index is 2.45. The van der Waals surface area contributed by atoms with Crippen molar-refractivity contribution in [2.24, 2.45) is 11.3 Å². The zero-order chi connectivity index (χ0) is 10.3. The maximum atomic E-state index is 2.45. The van der Waals surface area contributed by atoms with Gasteiger partial charge in [-0.2, -0.15) is 0 Å². The molecule has 0 aliphatic carbocycles. The van der Waals surface area contributed by atoms with E-state index in [-0.39, 0.29) is 0 Å². The summed E-state index contributed by atoms with van der Waals surface area (Å²) in [6, 6.07) is 0. The fraction of sp³-hybridized carbons (Fsp3) is 1.00. The van der Waals surface area contributed by atoms with Crippen LogP contribution in [0.25, 0.3) is 0 Å². The molecule has 0 aromatic heterocycles. The minimum absolute atomic E-state index is 0.591. The van der Waals surface area contributed by atoms with Gasteiger partial charge in [0.15, 0.2) is 0 Å². The van der Waals surface area contributed by atoms with Crippen LogP contribution in [-0.4, -0.2) is 0 Å². The first kappa shape index (κ1) is 13.0. The minimum Gasteiger partial charge on any atom is -0.0654 e. The van der Waals surface area contributed by atoms with Gasteiger partial charge in [0.1, 0.15) is 0 Å². The first-order chi connectivity index (χ1) is 6.06. The van der Waals surface area contributed by atoms with Gasteiger partial charge in [0.25, 0.3) is 0 Å². The third-order valence-electron chi connectivity index (χ3n) is 3.80. The van der Waals surface area contributed by atoms with Gasteiger partial charge in [-0.1, -0.05) is 66.7 Å². The lowest BCUT2D eigenvalue weighted by Crippen LogP contribution is -2.22. The van der Waals surface area contributed by atoms with E-state index in [2.05, 4.69) is 34.6 Å². The van der Waals surface area contributed by atoms with Gasteiger partial charge in [-0.15, -0.1) is 0 Å². The van der Waals surface area contributed by atoms with Crippen molar-refractivity contribution in [2.45, 2.75) is 73.1 Å². The molecule has 0 aliphatic heterocycles. The SMILES string of the molecule is CCCCCCC(C)(CC)C(C)C. The molecule has 0 radical (unpaired) electrons. The smallest absolute Gasteiger partial charge is 0.0305 e. The first-order valence-corrected chi connectivity index (χ1v) is 6.06. The molecule has 0 aromatic carbocycles. The van der Waals surface area contributed by atoms with Crippen LogP contribution in [0.2, 0.25) is 0 Å². The molecule has 0 spiro atoms. The molecule has 80 valence electrons. The van der Waals surface area contributed by atoms with Crippen molar-refractivity contribution in [3.05, 3.63) is 0 Å². The maximum Gasteiger partial charge on any atom is -0.0305 e. The lowest BCUT2D eigenvalue weighted by Gasteiger charge is -2.32. The molecule has 0 saturated heterocycles. The van der Waals surface area contributed by atoms with E-state index in [9.17, 15) is 0 Å². The van der Waals surface area contributed by atoms with Crippen LogP contribution in [0, 0.1) is 11.3 Å². The highest BCUT2D eigenvalue weighted by molar-refractivity contribution is 4.75. The Labute approximate surface area is 85.1 Å². The number of unbranched alkanes of at least 4 members (excludes halogenated alkanes) is 3. The lowest BCUT2D eigenvalue weighted by atomic mass is 9.73. The molecule has 1 atom stereocenters. The monoisotopic (exact) mass is 184 g/mol. The summed E-state index contributed by atoms with van der Waals surface area (Å²) in [5.74, 6) is 0.833. The summed E-state index contributed by atoms with van der Waals surface area (Å²) in [7, 11) is 0. The summed E-state index contributed by atoms with van der Waals surface area (Å²) in [6.07, 6.45) is 8.37. The van der Waals surface area contributed by atoms with E-state index in [4.69, 9.17) is 0 Å². The van der Waals surface area contributed by atoms with Crippen LogP contribution in [0.1, 0.15) is 73.1 Å². The highest BCUT2D eigenvalue weighted by Crippen LogP contribution is 2.36. The van der Waals surface area contributed by atoms with E-state index in [0.717, 1.165) is 5.92 Å². The van der Waals surface area contributed by atoms with E-state index < -0.39 is 0 Å². The second-order valence-corrected chi connectivity index (χ2v) is 4.97. The molecule has 13 heavy (non-hydrogen) atoms. The van der Waals surface area contributed by atoms with Crippen LogP contribution in [-0.2, 0) is 0 Å². The fourth-order valence-electron chi connectivity index (χ4n) is 1.83. The Hall–Kier alpha value is 0. The second kappa shape index (κ2) is 6.45. The van der Waals surface area contributed by atoms with Gasteiger partial charge in [0.05, 0.1) is 0 Å². The van der Waals surface area contributed by atoms with Crippen molar-refractivity contribution in [2.75, 3.05) is 0 Å². The molecule has 0 nitrogen and oxygen atoms in total. The van der Waals surface area contributed by atoms with Gasteiger partial charge in [0.2, 0.25) is 0 Å². The van der Waals surface area contributed by atoms with Gasteiger partial charge >= 0.3 is 0 Å². The molecule has 0 fully saturated rings. The van der Waals surface area contributed by atoms with Crippen LogP contribution in [0.4, 0.5) is 0 Å². The number of hydrogen-bond acceptors (Lipinski definition) is 0. The Bertz CT molecular complexity index is 115. The Morgan fingerprint density at radius 1 is 1.00 bits per heavy atom. The minimum atomic E-state index is 0.591. The quantitative estimate of drug-likeness (QED) is 0.487. The Balaban J connectivity index is 3.71. The highest BCUT2D eigenvalue weighted by atomic mass is 14.3. The van der Waals surface area contributed by atoms with Crippen molar-refractivity contribution in [1.29, 1.82) is 0 Å².